The number of esters is 1. The van der Waals surface area contributed by atoms with Crippen molar-refractivity contribution in [2.24, 2.45) is 45.8 Å². The molecule has 5 aliphatic carbocycles. The molecule has 0 aromatic heterocycles. The summed E-state index contributed by atoms with van der Waals surface area (Å²) < 4.78 is 38.1. The summed E-state index contributed by atoms with van der Waals surface area (Å²) in [7, 11) is -3.45. The molecule has 44 heavy (non-hydrogen) atoms. The summed E-state index contributed by atoms with van der Waals surface area (Å²) in [6.45, 7) is 7.96. The smallest absolute Gasteiger partial charge is 0.309 e. The first-order chi connectivity index (χ1) is 20.7. The summed E-state index contributed by atoms with van der Waals surface area (Å²) >= 11 is 0. The van der Waals surface area contributed by atoms with Crippen LogP contribution in [0.3, 0.4) is 0 Å². The van der Waals surface area contributed by atoms with E-state index >= 15 is 0 Å². The first-order valence-electron chi connectivity index (χ1n) is 16.0. The summed E-state index contributed by atoms with van der Waals surface area (Å²) in [5, 5.41) is 24.2. The zero-order valence-electron chi connectivity index (χ0n) is 25.4. The molecule has 9 nitrogen and oxygen atoms in total. The zero-order valence-corrected chi connectivity index (χ0v) is 26.2. The lowest BCUT2D eigenvalue weighted by atomic mass is 9.36. The summed E-state index contributed by atoms with van der Waals surface area (Å²) in [5.41, 5.74) is -3.24. The second-order valence-electron chi connectivity index (χ2n) is 15.0. The lowest BCUT2D eigenvalue weighted by molar-refractivity contribution is -0.437. The number of Topliss-reactive ketones (excluding diaryl/α,β-unsaturated/α-hetero) is 2. The van der Waals surface area contributed by atoms with Crippen molar-refractivity contribution in [1.82, 2.24) is 0 Å². The Hall–Kier alpha value is -2.40. The summed E-state index contributed by atoms with van der Waals surface area (Å²) in [5.74, 6) is -5.76. The molecule has 1 aromatic carbocycles. The highest BCUT2D eigenvalue weighted by atomic mass is 32.2. The Kier molecular flexibility index (Phi) is 6.74. The van der Waals surface area contributed by atoms with Gasteiger partial charge in [0.05, 0.1) is 28.6 Å². The van der Waals surface area contributed by atoms with Gasteiger partial charge in [0.15, 0.2) is 15.6 Å². The van der Waals surface area contributed by atoms with Gasteiger partial charge in [-0.3, -0.25) is 14.4 Å². The number of hydrogen-bond acceptors (Lipinski definition) is 9. The van der Waals surface area contributed by atoms with Crippen LogP contribution in [0.25, 0.3) is 0 Å². The van der Waals surface area contributed by atoms with E-state index in [1.54, 1.807) is 30.3 Å². The third-order valence-electron chi connectivity index (χ3n) is 12.6. The molecule has 238 valence electrons. The highest BCUT2D eigenvalue weighted by Crippen LogP contribution is 2.76. The molecule has 5 saturated carbocycles. The molecule has 1 aromatic rings. The highest BCUT2D eigenvalue weighted by Gasteiger charge is 2.88. The molecule has 4 bridgehead atoms. The average molecular weight is 627 g/mol. The lowest BCUT2D eigenvalue weighted by Crippen LogP contribution is -2.85. The Morgan fingerprint density at radius 2 is 1.75 bits per heavy atom. The van der Waals surface area contributed by atoms with E-state index in [0.29, 0.717) is 49.8 Å². The van der Waals surface area contributed by atoms with Crippen molar-refractivity contribution in [2.75, 3.05) is 12.4 Å². The minimum absolute atomic E-state index is 0.0124. The molecule has 0 radical (unpaired) electrons. The maximum atomic E-state index is 14.3. The average Bonchev–Trinajstić information content (AvgIpc) is 3.10. The summed E-state index contributed by atoms with van der Waals surface area (Å²) in [4.78, 5) is 42.3. The van der Waals surface area contributed by atoms with Crippen LogP contribution in [0.1, 0.15) is 65.2 Å². The second-order valence-corrected chi connectivity index (χ2v) is 17.0. The van der Waals surface area contributed by atoms with E-state index in [4.69, 9.17) is 9.47 Å². The SMILES string of the molecule is C=C1C(=O)[C@]23[C@H](OC(=O)C4CCC(CS(=O)(=O)c5ccccc5)CC4)[C@H]1CC[C@H]2[C@@]12CO[C@@]3(O)[C@@H](O)[C@@H]1C(C)(C)CCC2=O. The first-order valence-corrected chi connectivity index (χ1v) is 17.7. The number of aliphatic hydroxyl groups is 2. The van der Waals surface area contributed by atoms with Crippen LogP contribution in [0.4, 0.5) is 0 Å². The molecule has 0 unspecified atom stereocenters. The van der Waals surface area contributed by atoms with Crippen LogP contribution in [0.5, 0.6) is 0 Å². The van der Waals surface area contributed by atoms with Crippen molar-refractivity contribution in [1.29, 1.82) is 0 Å². The van der Waals surface area contributed by atoms with Gasteiger partial charge in [-0.25, -0.2) is 8.42 Å². The van der Waals surface area contributed by atoms with E-state index in [1.165, 1.54) is 0 Å². The molecule has 2 heterocycles. The molecule has 0 amide bonds. The second kappa shape index (κ2) is 9.80. The number of fused-ring (bicyclic) bond motifs is 2. The Morgan fingerprint density at radius 3 is 2.43 bits per heavy atom. The number of rotatable bonds is 5. The predicted octanol–water partition coefficient (Wildman–Crippen LogP) is 3.42. The topological polar surface area (TPSA) is 144 Å². The van der Waals surface area contributed by atoms with Gasteiger partial charge in [0, 0.05) is 18.3 Å². The molecule has 7 aliphatic rings. The van der Waals surface area contributed by atoms with Crippen molar-refractivity contribution in [3.8, 4) is 0 Å². The van der Waals surface area contributed by atoms with Crippen molar-refractivity contribution in [2.45, 2.75) is 88.1 Å². The number of ether oxygens (including phenoxy) is 2. The summed E-state index contributed by atoms with van der Waals surface area (Å²) in [6.07, 6.45) is 1.12. The van der Waals surface area contributed by atoms with E-state index < -0.39 is 79.5 Å². The van der Waals surface area contributed by atoms with Crippen LogP contribution >= 0.6 is 0 Å². The number of sulfone groups is 1. The van der Waals surface area contributed by atoms with Crippen molar-refractivity contribution in [3.63, 3.8) is 0 Å². The molecule has 7 fully saturated rings. The minimum atomic E-state index is -3.45. The highest BCUT2D eigenvalue weighted by molar-refractivity contribution is 7.91. The molecule has 2 N–H and O–H groups in total. The Morgan fingerprint density at radius 1 is 1.07 bits per heavy atom. The van der Waals surface area contributed by atoms with Crippen LogP contribution < -0.4 is 0 Å². The van der Waals surface area contributed by atoms with Gasteiger partial charge in [0.1, 0.15) is 23.4 Å². The Bertz CT molecular complexity index is 1530. The molecule has 8 atom stereocenters. The van der Waals surface area contributed by atoms with Crippen LogP contribution in [0, 0.1) is 45.8 Å². The van der Waals surface area contributed by atoms with Crippen LogP contribution in [0.2, 0.25) is 0 Å². The normalized spacial score (nSPS) is 44.2. The van der Waals surface area contributed by atoms with Gasteiger partial charge in [-0.1, -0.05) is 38.6 Å². The molecular weight excluding hydrogens is 584 g/mol. The molecule has 8 rings (SSSR count). The monoisotopic (exact) mass is 626 g/mol. The van der Waals surface area contributed by atoms with Crippen LogP contribution in [-0.4, -0.2) is 66.5 Å². The predicted molar refractivity (Wildman–Crippen MR) is 157 cm³/mol. The van der Waals surface area contributed by atoms with E-state index in [2.05, 4.69) is 6.58 Å². The fraction of sp³-hybridized carbons (Fsp3) is 0.676. The number of hydrogen-bond donors (Lipinski definition) is 2. The fourth-order valence-electron chi connectivity index (χ4n) is 10.6. The van der Waals surface area contributed by atoms with Gasteiger partial charge in [-0.15, -0.1) is 0 Å². The molecule has 10 heteroatoms. The van der Waals surface area contributed by atoms with Gasteiger partial charge in [-0.2, -0.15) is 0 Å². The van der Waals surface area contributed by atoms with E-state index in [1.807, 2.05) is 13.8 Å². The number of aliphatic hydroxyl groups excluding tert-OH is 1. The van der Waals surface area contributed by atoms with Gasteiger partial charge < -0.3 is 19.7 Å². The van der Waals surface area contributed by atoms with E-state index in [9.17, 15) is 33.0 Å². The standard InChI is InChI=1S/C34H42O9S/c1-19-23-13-14-24-32-18-42-34(39,28(37)26(32)31(2,3)16-15-25(32)35)33(24,27(19)36)29(23)43-30(38)21-11-9-20(10-12-21)17-44(40,41)22-7-5-4-6-8-22/h4-8,20-21,23-24,26,28-29,37,39H,1,9-18H2,2-3H3/t20?,21?,23-,24-,26+,28-,29+,32+,33-,34-/m0/s1. The first kappa shape index (κ1) is 30.3. The number of ketones is 2. The minimum Gasteiger partial charge on any atom is -0.460 e. The van der Waals surface area contributed by atoms with Gasteiger partial charge in [0.25, 0.3) is 0 Å². The van der Waals surface area contributed by atoms with Crippen molar-refractivity contribution in [3.05, 3.63) is 42.5 Å². The Labute approximate surface area is 258 Å². The Balaban J connectivity index is 1.15. The molecular formula is C34H42O9S. The third kappa shape index (κ3) is 3.74. The van der Waals surface area contributed by atoms with Crippen molar-refractivity contribution >= 4 is 27.4 Å². The maximum Gasteiger partial charge on any atom is 0.309 e. The third-order valence-corrected chi connectivity index (χ3v) is 14.5. The molecule has 2 saturated heterocycles. The number of benzene rings is 1. The van der Waals surface area contributed by atoms with Gasteiger partial charge in [0.2, 0.25) is 5.79 Å². The van der Waals surface area contributed by atoms with Gasteiger partial charge in [-0.05, 0) is 79.9 Å². The largest absolute Gasteiger partial charge is 0.460 e. The number of carbonyl (C=O) groups is 3. The molecule has 2 spiro atoms. The van der Waals surface area contributed by atoms with Gasteiger partial charge >= 0.3 is 5.97 Å². The van der Waals surface area contributed by atoms with E-state index in [-0.39, 0.29) is 36.1 Å². The summed E-state index contributed by atoms with van der Waals surface area (Å²) in [6, 6.07) is 8.36. The molecule has 2 aliphatic heterocycles. The lowest BCUT2D eigenvalue weighted by Gasteiger charge is -2.73. The van der Waals surface area contributed by atoms with E-state index in [0.717, 1.165) is 0 Å². The fourth-order valence-corrected chi connectivity index (χ4v) is 12.3. The van der Waals surface area contributed by atoms with Crippen LogP contribution in [0.15, 0.2) is 47.4 Å². The zero-order chi connectivity index (χ0) is 31.4. The maximum absolute atomic E-state index is 14.3. The quantitative estimate of drug-likeness (QED) is 0.371. The van der Waals surface area contributed by atoms with Crippen LogP contribution in [-0.2, 0) is 33.7 Å². The van der Waals surface area contributed by atoms with Crippen molar-refractivity contribution < 1.29 is 42.5 Å². The number of carbonyl (C=O) groups excluding carboxylic acids is 3.